The van der Waals surface area contributed by atoms with Gasteiger partial charge in [0.1, 0.15) is 0 Å². The lowest BCUT2D eigenvalue weighted by molar-refractivity contribution is -0.118. The van der Waals surface area contributed by atoms with Crippen molar-refractivity contribution in [2.75, 3.05) is 24.5 Å². The maximum Gasteiger partial charge on any atom is 0.209 e. The van der Waals surface area contributed by atoms with Gasteiger partial charge in [0.2, 0.25) is 6.41 Å². The van der Waals surface area contributed by atoms with Crippen molar-refractivity contribution in [3.05, 3.63) is 90.5 Å². The number of nitrogens with zero attached hydrogens (tertiary/aromatic N) is 2. The van der Waals surface area contributed by atoms with Gasteiger partial charge in [-0.05, 0) is 45.3 Å². The number of hydrogen-bond donors (Lipinski definition) is 0. The van der Waals surface area contributed by atoms with E-state index in [0.29, 0.717) is 6.54 Å². The molecule has 28 heavy (non-hydrogen) atoms. The number of hydrogen-bond acceptors (Lipinski definition) is 2. The van der Waals surface area contributed by atoms with Crippen LogP contribution in [-0.2, 0) is 4.79 Å². The van der Waals surface area contributed by atoms with Crippen molar-refractivity contribution in [3.63, 3.8) is 0 Å². The summed E-state index contributed by atoms with van der Waals surface area (Å²) >= 11 is 0. The minimum Gasteiger partial charge on any atom is -0.361 e. The Morgan fingerprint density at radius 3 is 2.00 bits per heavy atom. The monoisotopic (exact) mass is 366 g/mol. The topological polar surface area (TPSA) is 23.6 Å². The van der Waals surface area contributed by atoms with Gasteiger partial charge in [-0.25, -0.2) is 0 Å². The number of anilines is 1. The molecule has 1 aliphatic heterocycles. The molecule has 1 amide bonds. The fourth-order valence-corrected chi connectivity index (χ4v) is 4.48. The van der Waals surface area contributed by atoms with E-state index in [1.807, 2.05) is 11.0 Å². The summed E-state index contributed by atoms with van der Waals surface area (Å²) in [6.45, 7) is 2.26. The molecule has 4 aromatic rings. The van der Waals surface area contributed by atoms with Crippen molar-refractivity contribution in [3.8, 4) is 0 Å². The van der Waals surface area contributed by atoms with Gasteiger partial charge in [-0.15, -0.1) is 0 Å². The van der Waals surface area contributed by atoms with Gasteiger partial charge in [0.25, 0.3) is 0 Å². The summed E-state index contributed by atoms with van der Waals surface area (Å²) in [6, 6.07) is 30.1. The summed E-state index contributed by atoms with van der Waals surface area (Å²) in [4.78, 5) is 16.0. The number of amides is 1. The molecule has 0 aromatic heterocycles. The fraction of sp³-hybridized carbons (Fsp3) is 0.160. The molecule has 3 nitrogen and oxygen atoms in total. The Balaban J connectivity index is 1.77. The number of para-hydroxylation sites is 1. The third-order valence-electron chi connectivity index (χ3n) is 5.79. The normalized spacial score (nSPS) is 17.2. The number of piperazine rings is 1. The maximum atomic E-state index is 11.6. The molecule has 0 radical (unpaired) electrons. The lowest BCUT2D eigenvalue weighted by Crippen LogP contribution is -2.48. The lowest BCUT2D eigenvalue weighted by atomic mass is 9.90. The minimum absolute atomic E-state index is 0.109. The van der Waals surface area contributed by atoms with Gasteiger partial charge in [0, 0.05) is 25.3 Å². The largest absolute Gasteiger partial charge is 0.361 e. The highest BCUT2D eigenvalue weighted by molar-refractivity contribution is 6.03. The predicted molar refractivity (Wildman–Crippen MR) is 116 cm³/mol. The Morgan fingerprint density at radius 2 is 1.36 bits per heavy atom. The molecule has 0 saturated carbocycles. The van der Waals surface area contributed by atoms with Crippen LogP contribution in [0.2, 0.25) is 0 Å². The van der Waals surface area contributed by atoms with Crippen molar-refractivity contribution < 1.29 is 4.79 Å². The molecular formula is C25H22N2O. The van der Waals surface area contributed by atoms with Crippen LogP contribution in [0.1, 0.15) is 11.6 Å². The van der Waals surface area contributed by atoms with Crippen LogP contribution < -0.4 is 4.90 Å². The molecule has 1 atom stereocenters. The molecule has 1 aliphatic rings. The quantitative estimate of drug-likeness (QED) is 0.376. The molecule has 0 aliphatic carbocycles. The average Bonchev–Trinajstić information content (AvgIpc) is 2.77. The second-order valence-corrected chi connectivity index (χ2v) is 7.38. The first-order valence-electron chi connectivity index (χ1n) is 9.76. The van der Waals surface area contributed by atoms with Gasteiger partial charge in [-0.1, -0.05) is 66.7 Å². The third-order valence-corrected chi connectivity index (χ3v) is 5.79. The van der Waals surface area contributed by atoms with Crippen LogP contribution in [0.5, 0.6) is 0 Å². The van der Waals surface area contributed by atoms with E-state index in [9.17, 15) is 4.79 Å². The van der Waals surface area contributed by atoms with Crippen LogP contribution in [0.25, 0.3) is 21.5 Å². The van der Waals surface area contributed by atoms with Gasteiger partial charge < -0.3 is 9.80 Å². The van der Waals surface area contributed by atoms with Crippen LogP contribution >= 0.6 is 0 Å². The standard InChI is InChI=1S/C25H22N2O/c28-18-26-14-15-27(21-10-2-1-3-11-21)24(17-26)25-22-12-6-4-8-19(22)16-20-9-5-7-13-23(20)25/h1-13,16,18,24H,14-15,17H2. The van der Waals surface area contributed by atoms with Crippen molar-refractivity contribution in [2.45, 2.75) is 6.04 Å². The Labute approximate surface area is 164 Å². The Bertz CT molecular complexity index is 1090. The average molecular weight is 366 g/mol. The molecule has 138 valence electrons. The van der Waals surface area contributed by atoms with Gasteiger partial charge in [-0.3, -0.25) is 4.79 Å². The number of rotatable bonds is 3. The molecule has 1 fully saturated rings. The summed E-state index contributed by atoms with van der Waals surface area (Å²) in [6.07, 6.45) is 0.989. The van der Waals surface area contributed by atoms with E-state index in [-0.39, 0.29) is 6.04 Å². The molecule has 0 bridgehead atoms. The highest BCUT2D eigenvalue weighted by atomic mass is 16.1. The first-order chi connectivity index (χ1) is 13.8. The first-order valence-corrected chi connectivity index (χ1v) is 9.76. The zero-order valence-electron chi connectivity index (χ0n) is 15.7. The minimum atomic E-state index is 0.109. The van der Waals surface area contributed by atoms with Crippen LogP contribution in [0.15, 0.2) is 84.9 Å². The maximum absolute atomic E-state index is 11.6. The molecule has 1 saturated heterocycles. The Morgan fingerprint density at radius 1 is 0.750 bits per heavy atom. The second-order valence-electron chi connectivity index (χ2n) is 7.38. The van der Waals surface area contributed by atoms with Gasteiger partial charge >= 0.3 is 0 Å². The van der Waals surface area contributed by atoms with Crippen molar-refractivity contribution in [2.24, 2.45) is 0 Å². The van der Waals surface area contributed by atoms with Crippen molar-refractivity contribution >= 4 is 33.6 Å². The zero-order valence-corrected chi connectivity index (χ0v) is 15.7. The number of carbonyl (C=O) groups is 1. The second kappa shape index (κ2) is 7.01. The first kappa shape index (κ1) is 16.8. The summed E-state index contributed by atoms with van der Waals surface area (Å²) < 4.78 is 0. The summed E-state index contributed by atoms with van der Waals surface area (Å²) in [5.41, 5.74) is 2.51. The lowest BCUT2D eigenvalue weighted by Gasteiger charge is -2.42. The molecule has 1 heterocycles. The van der Waals surface area contributed by atoms with Crippen LogP contribution in [0.4, 0.5) is 5.69 Å². The fourth-order valence-electron chi connectivity index (χ4n) is 4.48. The zero-order chi connectivity index (χ0) is 18.9. The molecule has 5 rings (SSSR count). The predicted octanol–water partition coefficient (Wildman–Crippen LogP) is 5.01. The Kier molecular flexibility index (Phi) is 4.21. The third kappa shape index (κ3) is 2.80. The van der Waals surface area contributed by atoms with E-state index in [4.69, 9.17) is 0 Å². The van der Waals surface area contributed by atoms with E-state index in [1.165, 1.54) is 32.8 Å². The van der Waals surface area contributed by atoms with Crippen LogP contribution in [0.3, 0.4) is 0 Å². The Hall–Kier alpha value is -3.33. The number of benzene rings is 4. The molecule has 4 aromatic carbocycles. The van der Waals surface area contributed by atoms with E-state index < -0.39 is 0 Å². The molecule has 0 N–H and O–H groups in total. The highest BCUT2D eigenvalue weighted by Crippen LogP contribution is 2.38. The molecular weight excluding hydrogens is 344 g/mol. The van der Waals surface area contributed by atoms with Gasteiger partial charge in [0.15, 0.2) is 0 Å². The van der Waals surface area contributed by atoms with E-state index in [1.54, 1.807) is 0 Å². The van der Waals surface area contributed by atoms with Crippen LogP contribution in [-0.4, -0.2) is 30.9 Å². The van der Waals surface area contributed by atoms with E-state index in [0.717, 1.165) is 19.5 Å². The van der Waals surface area contributed by atoms with Crippen molar-refractivity contribution in [1.82, 2.24) is 4.90 Å². The highest BCUT2D eigenvalue weighted by Gasteiger charge is 2.30. The van der Waals surface area contributed by atoms with E-state index >= 15 is 0 Å². The molecule has 3 heteroatoms. The summed E-state index contributed by atoms with van der Waals surface area (Å²) in [5.74, 6) is 0. The summed E-state index contributed by atoms with van der Waals surface area (Å²) in [7, 11) is 0. The summed E-state index contributed by atoms with van der Waals surface area (Å²) in [5, 5.41) is 5.01. The van der Waals surface area contributed by atoms with Crippen LogP contribution in [0, 0.1) is 0 Å². The number of fused-ring (bicyclic) bond motifs is 2. The molecule has 0 spiro atoms. The number of carbonyl (C=O) groups excluding carboxylic acids is 1. The van der Waals surface area contributed by atoms with E-state index in [2.05, 4.69) is 83.8 Å². The van der Waals surface area contributed by atoms with Gasteiger partial charge in [0.05, 0.1) is 6.04 Å². The SMILES string of the molecule is O=CN1CCN(c2ccccc2)C(c2c3ccccc3cc3ccccc23)C1. The molecule has 1 unspecified atom stereocenters. The smallest absolute Gasteiger partial charge is 0.209 e. The van der Waals surface area contributed by atoms with Crippen molar-refractivity contribution in [1.29, 1.82) is 0 Å². The van der Waals surface area contributed by atoms with Gasteiger partial charge in [-0.2, -0.15) is 0 Å².